The average molecular weight is 330 g/mol. The van der Waals surface area contributed by atoms with E-state index in [2.05, 4.69) is 11.4 Å². The van der Waals surface area contributed by atoms with Crippen LogP contribution in [0.25, 0.3) is 0 Å². The van der Waals surface area contributed by atoms with E-state index in [1.54, 1.807) is 0 Å². The molecule has 1 amide bonds. The lowest BCUT2D eigenvalue weighted by molar-refractivity contribution is 0.102. The Morgan fingerprint density at radius 3 is 2.39 bits per heavy atom. The first-order valence-corrected chi connectivity index (χ1v) is 9.05. The van der Waals surface area contributed by atoms with Gasteiger partial charge in [0.2, 0.25) is 10.0 Å². The molecule has 1 aliphatic carbocycles. The van der Waals surface area contributed by atoms with Crippen molar-refractivity contribution in [3.8, 4) is 0 Å². The molecule has 1 aliphatic rings. The maximum atomic E-state index is 12.4. The second kappa shape index (κ2) is 6.14. The monoisotopic (exact) mass is 330 g/mol. The molecule has 0 fully saturated rings. The Kier molecular flexibility index (Phi) is 4.19. The zero-order chi connectivity index (χ0) is 16.4. The first-order valence-electron chi connectivity index (χ1n) is 7.50. The van der Waals surface area contributed by atoms with Crippen LogP contribution in [0.5, 0.6) is 0 Å². The van der Waals surface area contributed by atoms with Gasteiger partial charge in [0.15, 0.2) is 0 Å². The summed E-state index contributed by atoms with van der Waals surface area (Å²) in [5.41, 5.74) is 3.72. The van der Waals surface area contributed by atoms with Gasteiger partial charge in [-0.3, -0.25) is 4.79 Å². The predicted molar refractivity (Wildman–Crippen MR) is 88.9 cm³/mol. The lowest BCUT2D eigenvalue weighted by Gasteiger charge is -2.19. The number of amides is 1. The summed E-state index contributed by atoms with van der Waals surface area (Å²) >= 11 is 0. The fourth-order valence-electron chi connectivity index (χ4n) is 2.89. The van der Waals surface area contributed by atoms with E-state index in [0.29, 0.717) is 5.56 Å². The normalized spacial score (nSPS) is 14.1. The predicted octanol–water partition coefficient (Wildman–Crippen LogP) is 2.47. The number of rotatable bonds is 3. The van der Waals surface area contributed by atoms with Crippen LogP contribution in [-0.2, 0) is 22.9 Å². The van der Waals surface area contributed by atoms with Crippen molar-refractivity contribution in [1.82, 2.24) is 0 Å². The van der Waals surface area contributed by atoms with E-state index in [9.17, 15) is 13.2 Å². The maximum absolute atomic E-state index is 12.4. The lowest BCUT2D eigenvalue weighted by atomic mass is 9.90. The molecular formula is C17H18N2O3S. The number of aryl methyl sites for hydroxylation is 1. The number of primary sulfonamides is 1. The molecule has 0 saturated carbocycles. The summed E-state index contributed by atoms with van der Waals surface area (Å²) in [6.45, 7) is 0. The fourth-order valence-corrected chi connectivity index (χ4v) is 3.40. The van der Waals surface area contributed by atoms with Gasteiger partial charge in [0.25, 0.3) is 5.91 Å². The number of benzene rings is 2. The zero-order valence-electron chi connectivity index (χ0n) is 12.6. The minimum atomic E-state index is -3.75. The summed E-state index contributed by atoms with van der Waals surface area (Å²) in [5.74, 6) is -0.259. The van der Waals surface area contributed by atoms with E-state index in [0.717, 1.165) is 24.9 Å². The summed E-state index contributed by atoms with van der Waals surface area (Å²) in [4.78, 5) is 12.4. The molecule has 0 saturated heterocycles. The highest BCUT2D eigenvalue weighted by Gasteiger charge is 2.15. The number of carbonyl (C=O) groups excluding carboxylic acids is 1. The Balaban J connectivity index is 1.82. The summed E-state index contributed by atoms with van der Waals surface area (Å²) in [5, 5.41) is 7.98. The molecule has 2 aromatic carbocycles. The standard InChI is InChI=1S/C17H18N2O3S/c18-23(21,22)14-10-8-13(9-11-14)17(20)19-16-7-3-5-12-4-1-2-6-15(12)16/h3,5,7-11H,1-2,4,6H2,(H,19,20)(H2,18,21,22). The molecule has 0 aromatic heterocycles. The van der Waals surface area contributed by atoms with Crippen molar-refractivity contribution >= 4 is 21.6 Å². The Morgan fingerprint density at radius 2 is 1.70 bits per heavy atom. The molecule has 0 atom stereocenters. The summed E-state index contributed by atoms with van der Waals surface area (Å²) in [7, 11) is -3.75. The van der Waals surface area contributed by atoms with E-state index in [1.165, 1.54) is 41.8 Å². The lowest BCUT2D eigenvalue weighted by Crippen LogP contribution is -2.16. The first-order chi connectivity index (χ1) is 10.9. The van der Waals surface area contributed by atoms with Crippen LogP contribution in [0.15, 0.2) is 47.4 Å². The Morgan fingerprint density at radius 1 is 1.00 bits per heavy atom. The molecule has 5 nitrogen and oxygen atoms in total. The second-order valence-electron chi connectivity index (χ2n) is 5.67. The van der Waals surface area contributed by atoms with Gasteiger partial charge in [-0.2, -0.15) is 0 Å². The second-order valence-corrected chi connectivity index (χ2v) is 7.24. The van der Waals surface area contributed by atoms with Gasteiger partial charge < -0.3 is 5.32 Å². The van der Waals surface area contributed by atoms with E-state index >= 15 is 0 Å². The maximum Gasteiger partial charge on any atom is 0.255 e. The van der Waals surface area contributed by atoms with Gasteiger partial charge in [-0.15, -0.1) is 0 Å². The van der Waals surface area contributed by atoms with Gasteiger partial charge in [-0.1, -0.05) is 12.1 Å². The number of fused-ring (bicyclic) bond motifs is 1. The molecule has 0 radical (unpaired) electrons. The Hall–Kier alpha value is -2.18. The van der Waals surface area contributed by atoms with Gasteiger partial charge in [0, 0.05) is 11.3 Å². The summed E-state index contributed by atoms with van der Waals surface area (Å²) in [6, 6.07) is 11.6. The molecule has 23 heavy (non-hydrogen) atoms. The summed E-state index contributed by atoms with van der Waals surface area (Å²) in [6.07, 6.45) is 4.32. The van der Waals surface area contributed by atoms with Crippen LogP contribution in [0.1, 0.15) is 34.3 Å². The number of carbonyl (C=O) groups is 1. The molecule has 0 unspecified atom stereocenters. The molecule has 6 heteroatoms. The quantitative estimate of drug-likeness (QED) is 0.906. The van der Waals surface area contributed by atoms with Crippen molar-refractivity contribution in [2.24, 2.45) is 5.14 Å². The highest BCUT2D eigenvalue weighted by Crippen LogP contribution is 2.28. The van der Waals surface area contributed by atoms with E-state index < -0.39 is 10.0 Å². The minimum Gasteiger partial charge on any atom is -0.322 e. The van der Waals surface area contributed by atoms with Gasteiger partial charge in [0.05, 0.1) is 4.90 Å². The van der Waals surface area contributed by atoms with Crippen molar-refractivity contribution < 1.29 is 13.2 Å². The zero-order valence-corrected chi connectivity index (χ0v) is 13.4. The van der Waals surface area contributed by atoms with E-state index in [1.807, 2.05) is 12.1 Å². The molecule has 0 spiro atoms. The highest BCUT2D eigenvalue weighted by atomic mass is 32.2. The molecule has 3 N–H and O–H groups in total. The first kappa shape index (κ1) is 15.7. The van der Waals surface area contributed by atoms with E-state index in [4.69, 9.17) is 5.14 Å². The third kappa shape index (κ3) is 3.43. The highest BCUT2D eigenvalue weighted by molar-refractivity contribution is 7.89. The smallest absolute Gasteiger partial charge is 0.255 e. The van der Waals surface area contributed by atoms with Crippen LogP contribution in [-0.4, -0.2) is 14.3 Å². The number of sulfonamides is 1. The molecule has 0 heterocycles. The van der Waals surface area contributed by atoms with Gasteiger partial charge in [0.1, 0.15) is 0 Å². The van der Waals surface area contributed by atoms with Crippen LogP contribution in [0.2, 0.25) is 0 Å². The van der Waals surface area contributed by atoms with Crippen molar-refractivity contribution in [2.75, 3.05) is 5.32 Å². The molecule has 0 aliphatic heterocycles. The molecular weight excluding hydrogens is 312 g/mol. The third-order valence-corrected chi connectivity index (χ3v) is 5.02. The number of hydrogen-bond donors (Lipinski definition) is 2. The van der Waals surface area contributed by atoms with Crippen LogP contribution in [0.4, 0.5) is 5.69 Å². The SMILES string of the molecule is NS(=O)(=O)c1ccc(C(=O)Nc2cccc3c2CCCC3)cc1. The minimum absolute atomic E-state index is 0.00820. The van der Waals surface area contributed by atoms with Crippen LogP contribution >= 0.6 is 0 Å². The van der Waals surface area contributed by atoms with Crippen molar-refractivity contribution in [2.45, 2.75) is 30.6 Å². The van der Waals surface area contributed by atoms with Gasteiger partial charge in [-0.25, -0.2) is 13.6 Å². The van der Waals surface area contributed by atoms with Crippen LogP contribution in [0.3, 0.4) is 0 Å². The number of nitrogens with two attached hydrogens (primary N) is 1. The summed E-state index contributed by atoms with van der Waals surface area (Å²) < 4.78 is 22.5. The number of anilines is 1. The van der Waals surface area contributed by atoms with Gasteiger partial charge >= 0.3 is 0 Å². The van der Waals surface area contributed by atoms with Crippen molar-refractivity contribution in [1.29, 1.82) is 0 Å². The van der Waals surface area contributed by atoms with Crippen molar-refractivity contribution in [3.63, 3.8) is 0 Å². The molecule has 2 aromatic rings. The van der Waals surface area contributed by atoms with Crippen LogP contribution < -0.4 is 10.5 Å². The Bertz CT molecular complexity index is 843. The fraction of sp³-hybridized carbons (Fsp3) is 0.235. The number of nitrogens with one attached hydrogen (secondary N) is 1. The topological polar surface area (TPSA) is 89.3 Å². The number of hydrogen-bond acceptors (Lipinski definition) is 3. The average Bonchev–Trinajstić information content (AvgIpc) is 2.54. The van der Waals surface area contributed by atoms with Crippen LogP contribution in [0, 0.1) is 0 Å². The molecule has 0 bridgehead atoms. The van der Waals surface area contributed by atoms with E-state index in [-0.39, 0.29) is 10.8 Å². The largest absolute Gasteiger partial charge is 0.322 e. The van der Waals surface area contributed by atoms with Gasteiger partial charge in [-0.05, 0) is 67.1 Å². The Labute approximate surface area is 135 Å². The van der Waals surface area contributed by atoms with Crippen molar-refractivity contribution in [3.05, 3.63) is 59.2 Å². The molecule has 120 valence electrons. The molecule has 3 rings (SSSR count). The third-order valence-electron chi connectivity index (χ3n) is 4.09.